The number of hydrogen-bond donors (Lipinski definition) is 0. The third kappa shape index (κ3) is 1.99. The van der Waals surface area contributed by atoms with Crippen LogP contribution in [0.15, 0.2) is 11.6 Å². The standard InChI is InChI=1S/C20H28O3/c1-19-8-6-15-14-7-9-20(22-10-11-23-20)12-13(14)2-3-16(15)17(19)4-5-18(19)21/h6,13-14,16-17H,2-5,7-12H2,1H3. The summed E-state index contributed by atoms with van der Waals surface area (Å²) in [6.45, 7) is 3.78. The number of ketones is 1. The van der Waals surface area contributed by atoms with Crippen molar-refractivity contribution in [2.45, 2.75) is 64.1 Å². The Hall–Kier alpha value is -0.670. The van der Waals surface area contributed by atoms with Gasteiger partial charge in [-0.2, -0.15) is 0 Å². The Bertz CT molecular complexity index is 559. The maximum Gasteiger partial charge on any atom is 0.168 e. The fourth-order valence-electron chi connectivity index (χ4n) is 6.67. The van der Waals surface area contributed by atoms with Crippen LogP contribution in [-0.2, 0) is 14.3 Å². The van der Waals surface area contributed by atoms with Crippen LogP contribution < -0.4 is 0 Å². The lowest BCUT2D eigenvalue weighted by Gasteiger charge is -2.51. The molecule has 1 aliphatic heterocycles. The van der Waals surface area contributed by atoms with Gasteiger partial charge in [-0.3, -0.25) is 4.79 Å². The second-order valence-electron chi connectivity index (χ2n) is 8.79. The van der Waals surface area contributed by atoms with Crippen molar-refractivity contribution in [1.29, 1.82) is 0 Å². The Morgan fingerprint density at radius 3 is 2.74 bits per heavy atom. The minimum atomic E-state index is -0.249. The molecule has 4 fully saturated rings. The Balaban J connectivity index is 1.42. The first kappa shape index (κ1) is 14.7. The summed E-state index contributed by atoms with van der Waals surface area (Å²) in [7, 11) is 0. The first-order valence-electron chi connectivity index (χ1n) is 9.62. The third-order valence-electron chi connectivity index (χ3n) is 7.88. The topological polar surface area (TPSA) is 35.5 Å². The van der Waals surface area contributed by atoms with Gasteiger partial charge < -0.3 is 9.47 Å². The quantitative estimate of drug-likeness (QED) is 0.636. The van der Waals surface area contributed by atoms with E-state index in [2.05, 4.69) is 13.0 Å². The van der Waals surface area contributed by atoms with Crippen molar-refractivity contribution in [3.8, 4) is 0 Å². The molecule has 3 nitrogen and oxygen atoms in total. The number of Topliss-reactive ketones (excluding diaryl/α,β-unsaturated/α-hetero) is 1. The molecule has 4 aliphatic carbocycles. The van der Waals surface area contributed by atoms with Crippen LogP contribution >= 0.6 is 0 Å². The molecule has 5 rings (SSSR count). The molecule has 1 saturated heterocycles. The van der Waals surface area contributed by atoms with E-state index >= 15 is 0 Å². The van der Waals surface area contributed by atoms with Crippen molar-refractivity contribution in [3.63, 3.8) is 0 Å². The predicted octanol–water partition coefficient (Wildman–Crippen LogP) is 3.87. The lowest BCUT2D eigenvalue weighted by Crippen LogP contribution is -2.47. The molecule has 1 spiro atoms. The summed E-state index contributed by atoms with van der Waals surface area (Å²) in [6, 6.07) is 0. The average Bonchev–Trinajstić information content (AvgIpc) is 3.12. The van der Waals surface area contributed by atoms with Crippen LogP contribution in [0.4, 0.5) is 0 Å². The van der Waals surface area contributed by atoms with E-state index in [0.29, 0.717) is 17.6 Å². The van der Waals surface area contributed by atoms with Gasteiger partial charge in [0.05, 0.1) is 13.2 Å². The predicted molar refractivity (Wildman–Crippen MR) is 86.7 cm³/mol. The van der Waals surface area contributed by atoms with Crippen LogP contribution in [0, 0.1) is 29.1 Å². The Kier molecular flexibility index (Phi) is 3.13. The van der Waals surface area contributed by atoms with E-state index in [0.717, 1.165) is 57.2 Å². The number of ether oxygens (including phenoxy) is 2. The van der Waals surface area contributed by atoms with E-state index < -0.39 is 0 Å². The normalized spacial score (nSPS) is 47.9. The summed E-state index contributed by atoms with van der Waals surface area (Å²) >= 11 is 0. The molecule has 3 heteroatoms. The first-order valence-corrected chi connectivity index (χ1v) is 9.62. The third-order valence-corrected chi connectivity index (χ3v) is 7.88. The van der Waals surface area contributed by atoms with Gasteiger partial charge in [0.15, 0.2) is 5.79 Å². The van der Waals surface area contributed by atoms with Crippen molar-refractivity contribution in [1.82, 2.24) is 0 Å². The molecule has 0 aromatic rings. The maximum atomic E-state index is 12.4. The molecule has 0 amide bonds. The summed E-state index contributed by atoms with van der Waals surface area (Å²) in [5.41, 5.74) is 1.67. The molecule has 1 heterocycles. The van der Waals surface area contributed by atoms with Crippen molar-refractivity contribution in [2.24, 2.45) is 29.1 Å². The minimum absolute atomic E-state index is 0.0471. The summed E-state index contributed by atoms with van der Waals surface area (Å²) in [5, 5.41) is 0. The molecule has 0 N–H and O–H groups in total. The average molecular weight is 316 g/mol. The molecule has 5 unspecified atom stereocenters. The van der Waals surface area contributed by atoms with Gasteiger partial charge in [0.1, 0.15) is 5.78 Å². The molecular weight excluding hydrogens is 288 g/mol. The smallest absolute Gasteiger partial charge is 0.168 e. The SMILES string of the molecule is CC12CC=C3C4CCC5(CC4CCC3C1CCC2=O)OCCO5. The summed E-state index contributed by atoms with van der Waals surface area (Å²) in [4.78, 5) is 12.4. The molecule has 3 saturated carbocycles. The van der Waals surface area contributed by atoms with Gasteiger partial charge in [-0.25, -0.2) is 0 Å². The highest BCUT2D eigenvalue weighted by atomic mass is 16.7. The summed E-state index contributed by atoms with van der Waals surface area (Å²) in [5.74, 6) is 3.03. The maximum absolute atomic E-state index is 12.4. The molecule has 0 radical (unpaired) electrons. The van der Waals surface area contributed by atoms with Gasteiger partial charge >= 0.3 is 0 Å². The number of hydrogen-bond acceptors (Lipinski definition) is 3. The largest absolute Gasteiger partial charge is 0.348 e. The van der Waals surface area contributed by atoms with E-state index in [4.69, 9.17) is 9.47 Å². The number of allylic oxidation sites excluding steroid dienone is 2. The first-order chi connectivity index (χ1) is 11.1. The van der Waals surface area contributed by atoms with Crippen molar-refractivity contribution in [2.75, 3.05) is 13.2 Å². The second-order valence-corrected chi connectivity index (χ2v) is 8.79. The summed E-state index contributed by atoms with van der Waals surface area (Å²) in [6.07, 6.45) is 11.3. The Morgan fingerprint density at radius 1 is 1.09 bits per heavy atom. The van der Waals surface area contributed by atoms with Crippen molar-refractivity contribution in [3.05, 3.63) is 11.6 Å². The van der Waals surface area contributed by atoms with Gasteiger partial charge in [0, 0.05) is 24.7 Å². The van der Waals surface area contributed by atoms with Gasteiger partial charge in [-0.15, -0.1) is 0 Å². The van der Waals surface area contributed by atoms with E-state index in [9.17, 15) is 4.79 Å². The lowest BCUT2D eigenvalue weighted by atomic mass is 9.54. The highest BCUT2D eigenvalue weighted by Gasteiger charge is 2.55. The van der Waals surface area contributed by atoms with E-state index in [-0.39, 0.29) is 11.2 Å². The minimum Gasteiger partial charge on any atom is -0.348 e. The fraction of sp³-hybridized carbons (Fsp3) is 0.850. The van der Waals surface area contributed by atoms with Crippen LogP contribution in [0.1, 0.15) is 58.3 Å². The molecule has 5 atom stereocenters. The van der Waals surface area contributed by atoms with Crippen molar-refractivity contribution < 1.29 is 14.3 Å². The van der Waals surface area contributed by atoms with E-state index in [1.165, 1.54) is 19.3 Å². The van der Waals surface area contributed by atoms with Gasteiger partial charge in [0.2, 0.25) is 0 Å². The van der Waals surface area contributed by atoms with Gasteiger partial charge in [0.25, 0.3) is 0 Å². The Morgan fingerprint density at radius 2 is 1.91 bits per heavy atom. The van der Waals surface area contributed by atoms with Gasteiger partial charge in [-0.05, 0) is 55.8 Å². The molecule has 5 aliphatic rings. The van der Waals surface area contributed by atoms with Gasteiger partial charge in [-0.1, -0.05) is 18.6 Å². The number of rotatable bonds is 0. The molecular formula is C20H28O3. The fourth-order valence-corrected chi connectivity index (χ4v) is 6.67. The number of fused-ring (bicyclic) bond motifs is 5. The molecule has 0 aromatic carbocycles. The molecule has 0 aromatic heterocycles. The van der Waals surface area contributed by atoms with Crippen LogP contribution in [-0.4, -0.2) is 24.8 Å². The second kappa shape index (κ2) is 4.92. The van der Waals surface area contributed by atoms with Crippen LogP contribution in [0.3, 0.4) is 0 Å². The Labute approximate surface area is 138 Å². The highest BCUT2D eigenvalue weighted by molar-refractivity contribution is 5.87. The highest BCUT2D eigenvalue weighted by Crippen LogP contribution is 2.60. The van der Waals surface area contributed by atoms with Crippen LogP contribution in [0.5, 0.6) is 0 Å². The van der Waals surface area contributed by atoms with E-state index in [1.807, 2.05) is 0 Å². The molecule has 0 bridgehead atoms. The molecule has 23 heavy (non-hydrogen) atoms. The van der Waals surface area contributed by atoms with Crippen molar-refractivity contribution >= 4 is 5.78 Å². The number of carbonyl (C=O) groups is 1. The zero-order valence-corrected chi connectivity index (χ0v) is 14.2. The molecule has 126 valence electrons. The van der Waals surface area contributed by atoms with E-state index in [1.54, 1.807) is 5.57 Å². The summed E-state index contributed by atoms with van der Waals surface area (Å²) < 4.78 is 12.0. The van der Waals surface area contributed by atoms with Crippen LogP contribution in [0.25, 0.3) is 0 Å². The van der Waals surface area contributed by atoms with Crippen LogP contribution in [0.2, 0.25) is 0 Å². The zero-order valence-electron chi connectivity index (χ0n) is 14.2. The number of carbonyl (C=O) groups excluding carboxylic acids is 1. The monoisotopic (exact) mass is 316 g/mol. The zero-order chi connectivity index (χ0) is 15.7. The lowest BCUT2D eigenvalue weighted by molar-refractivity contribution is -0.196.